The molecule has 1 aromatic heterocycles. The van der Waals surface area contributed by atoms with E-state index in [4.69, 9.17) is 9.47 Å². The Kier molecular flexibility index (Phi) is 8.71. The molecule has 2 N–H and O–H groups in total. The Labute approximate surface area is 215 Å². The fraction of sp³-hybridized carbons (Fsp3) is 0.296. The largest absolute Gasteiger partial charge is 0.493 e. The summed E-state index contributed by atoms with van der Waals surface area (Å²) >= 11 is 1.28. The second-order valence-electron chi connectivity index (χ2n) is 9.02. The van der Waals surface area contributed by atoms with Crippen molar-refractivity contribution in [1.29, 1.82) is 0 Å². The van der Waals surface area contributed by atoms with E-state index in [1.54, 1.807) is 60.0 Å². The van der Waals surface area contributed by atoms with E-state index in [0.29, 0.717) is 27.6 Å². The number of anilines is 1. The fourth-order valence-corrected chi connectivity index (χ4v) is 4.28. The van der Waals surface area contributed by atoms with Crippen LogP contribution in [0.3, 0.4) is 0 Å². The van der Waals surface area contributed by atoms with Crippen LogP contribution in [0.15, 0.2) is 66.0 Å². The molecule has 3 rings (SSSR count). The number of methoxy groups -OCH3 is 2. The Morgan fingerprint density at radius 3 is 2.22 bits per heavy atom. The number of carbonyl (C=O) groups is 3. The number of hydrogen-bond donors (Lipinski definition) is 2. The van der Waals surface area contributed by atoms with Crippen molar-refractivity contribution in [3.05, 3.63) is 76.5 Å². The first-order valence-corrected chi connectivity index (χ1v) is 12.3. The summed E-state index contributed by atoms with van der Waals surface area (Å²) < 4.78 is 10.8. The molecular formula is C27H31N3O5S. The fourth-order valence-electron chi connectivity index (χ4n) is 3.64. The predicted molar refractivity (Wildman–Crippen MR) is 141 cm³/mol. The number of nitrogens with one attached hydrogen (secondary N) is 2. The van der Waals surface area contributed by atoms with E-state index in [1.807, 2.05) is 26.8 Å². The number of hydrogen-bond acceptors (Lipinski definition) is 6. The molecular weight excluding hydrogens is 478 g/mol. The lowest BCUT2D eigenvalue weighted by Crippen LogP contribution is -2.51. The molecule has 0 bridgehead atoms. The molecule has 1 atom stereocenters. The molecule has 2 aromatic carbocycles. The molecule has 0 aliphatic rings. The summed E-state index contributed by atoms with van der Waals surface area (Å²) in [5.41, 5.74) is 0.484. The van der Waals surface area contributed by atoms with Crippen LogP contribution in [-0.4, -0.2) is 44.0 Å². The zero-order valence-corrected chi connectivity index (χ0v) is 21.8. The first-order valence-electron chi connectivity index (χ1n) is 11.4. The van der Waals surface area contributed by atoms with E-state index in [2.05, 4.69) is 10.6 Å². The zero-order valence-electron chi connectivity index (χ0n) is 21.0. The van der Waals surface area contributed by atoms with Crippen LogP contribution in [0.2, 0.25) is 0 Å². The van der Waals surface area contributed by atoms with Crippen LogP contribution in [0.1, 0.15) is 42.0 Å². The number of rotatable bonds is 9. The Hall–Kier alpha value is -3.85. The molecule has 3 amide bonds. The monoisotopic (exact) mass is 509 g/mol. The summed E-state index contributed by atoms with van der Waals surface area (Å²) in [5.74, 6) is -0.258. The highest BCUT2D eigenvalue weighted by Gasteiger charge is 2.35. The smallest absolute Gasteiger partial charge is 0.261 e. The minimum absolute atomic E-state index is 0.293. The lowest BCUT2D eigenvalue weighted by molar-refractivity contribution is -0.127. The Morgan fingerprint density at radius 2 is 1.64 bits per heavy atom. The number of para-hydroxylation sites is 1. The van der Waals surface area contributed by atoms with E-state index in [1.165, 1.54) is 30.5 Å². The molecule has 36 heavy (non-hydrogen) atoms. The van der Waals surface area contributed by atoms with Gasteiger partial charge in [0.15, 0.2) is 11.5 Å². The average molecular weight is 510 g/mol. The molecule has 9 heteroatoms. The van der Waals surface area contributed by atoms with Gasteiger partial charge >= 0.3 is 0 Å². The standard InChI is InChI=1S/C27H31N3O5S/c1-27(2,3)29-26(33)24(18-13-14-20(34-4)21(16-18)35-5)30(19-10-7-6-8-11-19)23(31)17-28-25(32)22-12-9-15-36-22/h6-16,24H,17H2,1-5H3,(H,28,32)(H,29,33). The summed E-state index contributed by atoms with van der Waals surface area (Å²) in [5, 5.41) is 7.45. The molecule has 0 saturated carbocycles. The molecule has 0 spiro atoms. The van der Waals surface area contributed by atoms with Crippen LogP contribution in [0, 0.1) is 0 Å². The lowest BCUT2D eigenvalue weighted by Gasteiger charge is -2.34. The highest BCUT2D eigenvalue weighted by molar-refractivity contribution is 7.12. The molecule has 0 aliphatic heterocycles. The molecule has 1 heterocycles. The van der Waals surface area contributed by atoms with Crippen LogP contribution in [0.25, 0.3) is 0 Å². The minimum atomic E-state index is -1.04. The molecule has 0 saturated heterocycles. The van der Waals surface area contributed by atoms with E-state index in [9.17, 15) is 14.4 Å². The number of amides is 3. The van der Waals surface area contributed by atoms with Crippen LogP contribution in [0.5, 0.6) is 11.5 Å². The van der Waals surface area contributed by atoms with Gasteiger partial charge in [-0.3, -0.25) is 19.3 Å². The van der Waals surface area contributed by atoms with Gasteiger partial charge in [-0.2, -0.15) is 0 Å². The maximum atomic E-state index is 13.7. The summed E-state index contributed by atoms with van der Waals surface area (Å²) in [7, 11) is 3.03. The van der Waals surface area contributed by atoms with Crippen molar-refractivity contribution in [2.75, 3.05) is 25.7 Å². The van der Waals surface area contributed by atoms with Gasteiger partial charge in [-0.05, 0) is 62.0 Å². The van der Waals surface area contributed by atoms with Crippen LogP contribution in [0.4, 0.5) is 5.69 Å². The SMILES string of the molecule is COc1ccc(C(C(=O)NC(C)(C)C)N(C(=O)CNC(=O)c2cccs2)c2ccccc2)cc1OC. The van der Waals surface area contributed by atoms with E-state index >= 15 is 0 Å². The predicted octanol–water partition coefficient (Wildman–Crippen LogP) is 4.18. The normalized spacial score (nSPS) is 11.8. The first-order chi connectivity index (χ1) is 17.1. The Bertz CT molecular complexity index is 1190. The third-order valence-corrected chi connectivity index (χ3v) is 6.04. The van der Waals surface area contributed by atoms with Gasteiger partial charge in [0.1, 0.15) is 6.04 Å². The topological polar surface area (TPSA) is 97.0 Å². The molecule has 8 nitrogen and oxygen atoms in total. The molecule has 0 fully saturated rings. The van der Waals surface area contributed by atoms with Crippen molar-refractivity contribution in [3.63, 3.8) is 0 Å². The van der Waals surface area contributed by atoms with Crippen molar-refractivity contribution >= 4 is 34.7 Å². The van der Waals surface area contributed by atoms with Crippen LogP contribution in [-0.2, 0) is 9.59 Å². The van der Waals surface area contributed by atoms with Crippen molar-refractivity contribution in [1.82, 2.24) is 10.6 Å². The summed E-state index contributed by atoms with van der Waals surface area (Å²) in [6.45, 7) is 5.31. The Balaban J connectivity index is 2.05. The number of thiophene rings is 1. The Morgan fingerprint density at radius 1 is 0.944 bits per heavy atom. The van der Waals surface area contributed by atoms with Gasteiger partial charge < -0.3 is 20.1 Å². The minimum Gasteiger partial charge on any atom is -0.493 e. The highest BCUT2D eigenvalue weighted by Crippen LogP contribution is 2.34. The molecule has 3 aromatic rings. The number of nitrogens with zero attached hydrogens (tertiary/aromatic N) is 1. The van der Waals surface area contributed by atoms with Gasteiger partial charge in [0.05, 0.1) is 25.6 Å². The molecule has 190 valence electrons. The quantitative estimate of drug-likeness (QED) is 0.451. The summed E-state index contributed by atoms with van der Waals surface area (Å²) in [4.78, 5) is 41.8. The maximum Gasteiger partial charge on any atom is 0.261 e. The average Bonchev–Trinajstić information content (AvgIpc) is 3.40. The molecule has 0 radical (unpaired) electrons. The van der Waals surface area contributed by atoms with Gasteiger partial charge in [0.25, 0.3) is 5.91 Å². The van der Waals surface area contributed by atoms with Crippen LogP contribution < -0.4 is 25.0 Å². The van der Waals surface area contributed by atoms with Crippen LogP contribution >= 0.6 is 11.3 Å². The first kappa shape index (κ1) is 26.7. The van der Waals surface area contributed by atoms with Gasteiger partial charge in [0, 0.05) is 11.2 Å². The lowest BCUT2D eigenvalue weighted by atomic mass is 10.00. The van der Waals surface area contributed by atoms with E-state index in [0.717, 1.165) is 0 Å². The second-order valence-corrected chi connectivity index (χ2v) is 9.96. The number of ether oxygens (including phenoxy) is 2. The van der Waals surface area contributed by atoms with Gasteiger partial charge in [0.2, 0.25) is 11.8 Å². The second kappa shape index (κ2) is 11.7. The molecule has 1 unspecified atom stereocenters. The zero-order chi connectivity index (χ0) is 26.3. The number of benzene rings is 2. The highest BCUT2D eigenvalue weighted by atomic mass is 32.1. The van der Waals surface area contributed by atoms with Crippen molar-refractivity contribution in [3.8, 4) is 11.5 Å². The van der Waals surface area contributed by atoms with Gasteiger partial charge in [-0.1, -0.05) is 30.3 Å². The number of carbonyl (C=O) groups excluding carboxylic acids is 3. The van der Waals surface area contributed by atoms with Gasteiger partial charge in [-0.25, -0.2) is 0 Å². The third-order valence-electron chi connectivity index (χ3n) is 5.18. The van der Waals surface area contributed by atoms with Crippen molar-refractivity contribution < 1.29 is 23.9 Å². The van der Waals surface area contributed by atoms with Crippen molar-refractivity contribution in [2.45, 2.75) is 32.4 Å². The van der Waals surface area contributed by atoms with E-state index in [-0.39, 0.29) is 18.4 Å². The van der Waals surface area contributed by atoms with Crippen molar-refractivity contribution in [2.24, 2.45) is 0 Å². The maximum absolute atomic E-state index is 13.7. The third kappa shape index (κ3) is 6.63. The summed E-state index contributed by atoms with van der Waals surface area (Å²) in [6, 6.07) is 16.4. The van der Waals surface area contributed by atoms with E-state index < -0.39 is 17.5 Å². The van der Waals surface area contributed by atoms with Gasteiger partial charge in [-0.15, -0.1) is 11.3 Å². The summed E-state index contributed by atoms with van der Waals surface area (Å²) in [6.07, 6.45) is 0. The molecule has 0 aliphatic carbocycles.